The number of aryl methyl sites for hydroxylation is 2. The van der Waals surface area contributed by atoms with Crippen molar-refractivity contribution >= 4 is 0 Å². The maximum Gasteiger partial charge on any atom is 0.155 e. The van der Waals surface area contributed by atoms with E-state index in [0.717, 1.165) is 34.2 Å². The number of nitrogens with zero attached hydrogens (tertiary/aromatic N) is 4. The van der Waals surface area contributed by atoms with Gasteiger partial charge in [0, 0.05) is 23.1 Å². The summed E-state index contributed by atoms with van der Waals surface area (Å²) in [5.41, 5.74) is 11.1. The molecule has 4 rings (SSSR count). The molecule has 0 aliphatic heterocycles. The molecule has 5 heteroatoms. The quantitative estimate of drug-likeness (QED) is 0.793. The van der Waals surface area contributed by atoms with Crippen LogP contribution < -0.4 is 5.73 Å². The lowest BCUT2D eigenvalue weighted by Gasteiger charge is -2.24. The molecule has 0 bridgehead atoms. The maximum atomic E-state index is 6.46. The van der Waals surface area contributed by atoms with Gasteiger partial charge in [-0.3, -0.25) is 4.98 Å². The predicted octanol–water partition coefficient (Wildman–Crippen LogP) is 3.53. The van der Waals surface area contributed by atoms with E-state index < -0.39 is 0 Å². The zero-order valence-corrected chi connectivity index (χ0v) is 14.9. The van der Waals surface area contributed by atoms with E-state index in [0.29, 0.717) is 5.92 Å². The van der Waals surface area contributed by atoms with Crippen molar-refractivity contribution in [2.75, 3.05) is 0 Å². The maximum absolute atomic E-state index is 6.46. The van der Waals surface area contributed by atoms with Crippen molar-refractivity contribution in [1.29, 1.82) is 0 Å². The summed E-state index contributed by atoms with van der Waals surface area (Å²) in [5, 5.41) is 0. The van der Waals surface area contributed by atoms with E-state index in [2.05, 4.69) is 58.5 Å². The number of hydrogen-bond donors (Lipinski definition) is 1. The number of pyridine rings is 1. The van der Waals surface area contributed by atoms with Gasteiger partial charge in [-0.15, -0.1) is 0 Å². The fraction of sp³-hybridized carbons (Fsp3) is 0.350. The third-order valence-electron chi connectivity index (χ3n) is 5.21. The lowest BCUT2D eigenvalue weighted by Crippen LogP contribution is -2.35. The number of rotatable bonds is 4. The molecule has 3 heterocycles. The van der Waals surface area contributed by atoms with Crippen molar-refractivity contribution < 1.29 is 0 Å². The molecule has 5 nitrogen and oxygen atoms in total. The molecule has 3 aromatic heterocycles. The molecular formula is C20H23N5. The summed E-state index contributed by atoms with van der Waals surface area (Å²) in [7, 11) is 0. The van der Waals surface area contributed by atoms with Crippen LogP contribution in [0, 0.1) is 19.8 Å². The molecule has 1 fully saturated rings. The first-order chi connectivity index (χ1) is 12.0. The Kier molecular flexibility index (Phi) is 3.69. The third-order valence-corrected chi connectivity index (χ3v) is 5.21. The molecule has 1 aliphatic carbocycles. The Bertz CT molecular complexity index is 867. The second-order valence-electron chi connectivity index (χ2n) is 7.20. The van der Waals surface area contributed by atoms with Crippen LogP contribution in [0.2, 0.25) is 0 Å². The lowest BCUT2D eigenvalue weighted by atomic mass is 9.89. The van der Waals surface area contributed by atoms with Crippen LogP contribution in [-0.2, 0) is 5.54 Å². The Hall–Kier alpha value is -2.53. The second kappa shape index (κ2) is 5.77. The molecule has 2 N–H and O–H groups in total. The zero-order chi connectivity index (χ0) is 17.6. The average molecular weight is 333 g/mol. The first-order valence-electron chi connectivity index (χ1n) is 8.70. The molecule has 1 atom stereocenters. The summed E-state index contributed by atoms with van der Waals surface area (Å²) >= 11 is 0. The van der Waals surface area contributed by atoms with E-state index in [4.69, 9.17) is 5.73 Å². The van der Waals surface area contributed by atoms with Gasteiger partial charge in [-0.05, 0) is 63.3 Å². The van der Waals surface area contributed by atoms with Crippen molar-refractivity contribution in [2.45, 2.75) is 39.2 Å². The van der Waals surface area contributed by atoms with Gasteiger partial charge in [0.15, 0.2) is 5.82 Å². The summed E-state index contributed by atoms with van der Waals surface area (Å²) in [6.45, 7) is 6.22. The molecular weight excluding hydrogens is 310 g/mol. The average Bonchev–Trinajstić information content (AvgIpc) is 3.42. The summed E-state index contributed by atoms with van der Waals surface area (Å²) in [4.78, 5) is 13.7. The Morgan fingerprint density at radius 2 is 1.60 bits per heavy atom. The van der Waals surface area contributed by atoms with Gasteiger partial charge >= 0.3 is 0 Å². The molecule has 0 saturated heterocycles. The van der Waals surface area contributed by atoms with Gasteiger partial charge < -0.3 is 10.3 Å². The van der Waals surface area contributed by atoms with Crippen LogP contribution in [0.4, 0.5) is 0 Å². The van der Waals surface area contributed by atoms with Crippen molar-refractivity contribution in [3.8, 4) is 17.2 Å². The lowest BCUT2D eigenvalue weighted by molar-refractivity contribution is 0.426. The van der Waals surface area contributed by atoms with Crippen molar-refractivity contribution in [1.82, 2.24) is 19.5 Å². The Morgan fingerprint density at radius 1 is 0.920 bits per heavy atom. The number of nitrogens with two attached hydrogens (primary N) is 1. The molecule has 128 valence electrons. The predicted molar refractivity (Wildman–Crippen MR) is 98.3 cm³/mol. The van der Waals surface area contributed by atoms with E-state index >= 15 is 0 Å². The van der Waals surface area contributed by atoms with E-state index in [1.54, 1.807) is 12.4 Å². The minimum Gasteiger partial charge on any atom is -0.321 e. The summed E-state index contributed by atoms with van der Waals surface area (Å²) in [5.74, 6) is 1.40. The summed E-state index contributed by atoms with van der Waals surface area (Å²) in [6, 6.07) is 8.21. The molecule has 1 saturated carbocycles. The third kappa shape index (κ3) is 2.85. The molecule has 0 aromatic carbocycles. The molecule has 25 heavy (non-hydrogen) atoms. The summed E-state index contributed by atoms with van der Waals surface area (Å²) in [6.07, 6.45) is 7.87. The van der Waals surface area contributed by atoms with Crippen LogP contribution in [-0.4, -0.2) is 19.5 Å². The normalized spacial score (nSPS) is 16.6. The molecule has 1 aliphatic rings. The Balaban J connectivity index is 1.60. The van der Waals surface area contributed by atoms with Crippen LogP contribution in [0.1, 0.15) is 36.7 Å². The highest BCUT2D eigenvalue weighted by molar-refractivity contribution is 5.53. The van der Waals surface area contributed by atoms with E-state index in [9.17, 15) is 0 Å². The van der Waals surface area contributed by atoms with Crippen LogP contribution in [0.15, 0.2) is 42.9 Å². The van der Waals surface area contributed by atoms with E-state index in [-0.39, 0.29) is 5.54 Å². The topological polar surface area (TPSA) is 69.6 Å². The fourth-order valence-corrected chi connectivity index (χ4v) is 3.38. The standard InChI is InChI=1S/C20H23N5/c1-13-4-5-14(2)25(13)19-12-23-18(11-24-19)17-9-8-16(10-22-17)20(3,21)15-6-7-15/h4-5,8-12,15H,6-7,21H2,1-3H3. The molecule has 3 aromatic rings. The van der Waals surface area contributed by atoms with Crippen molar-refractivity contribution in [3.05, 3.63) is 59.8 Å². The van der Waals surface area contributed by atoms with Gasteiger partial charge in [0.25, 0.3) is 0 Å². The van der Waals surface area contributed by atoms with E-state index in [1.165, 1.54) is 12.8 Å². The number of hydrogen-bond acceptors (Lipinski definition) is 4. The number of aromatic nitrogens is 4. The van der Waals surface area contributed by atoms with Gasteiger partial charge in [0.2, 0.25) is 0 Å². The van der Waals surface area contributed by atoms with Crippen molar-refractivity contribution in [3.63, 3.8) is 0 Å². The zero-order valence-electron chi connectivity index (χ0n) is 14.9. The van der Waals surface area contributed by atoms with Crippen molar-refractivity contribution in [2.24, 2.45) is 11.7 Å². The van der Waals surface area contributed by atoms with Gasteiger partial charge in [-0.25, -0.2) is 9.97 Å². The molecule has 0 radical (unpaired) electrons. The van der Waals surface area contributed by atoms with Crippen LogP contribution in [0.25, 0.3) is 17.2 Å². The highest BCUT2D eigenvalue weighted by Gasteiger charge is 2.39. The van der Waals surface area contributed by atoms with E-state index in [1.807, 2.05) is 12.3 Å². The Labute approximate surface area is 148 Å². The molecule has 0 amide bonds. The Morgan fingerprint density at radius 3 is 2.12 bits per heavy atom. The summed E-state index contributed by atoms with van der Waals surface area (Å²) < 4.78 is 2.09. The van der Waals surface area contributed by atoms with Gasteiger partial charge in [-0.2, -0.15) is 0 Å². The second-order valence-corrected chi connectivity index (χ2v) is 7.20. The van der Waals surface area contributed by atoms with Gasteiger partial charge in [0.1, 0.15) is 5.69 Å². The highest BCUT2D eigenvalue weighted by atomic mass is 15.1. The monoisotopic (exact) mass is 333 g/mol. The minimum absolute atomic E-state index is 0.287. The first kappa shape index (κ1) is 16.0. The van der Waals surface area contributed by atoms with Crippen LogP contribution in [0.5, 0.6) is 0 Å². The SMILES string of the molecule is Cc1ccc(C)n1-c1cnc(-c2ccc(C(C)(N)C3CC3)cn2)cn1. The first-order valence-corrected chi connectivity index (χ1v) is 8.70. The molecule has 0 spiro atoms. The fourth-order valence-electron chi connectivity index (χ4n) is 3.38. The highest BCUT2D eigenvalue weighted by Crippen LogP contribution is 2.43. The minimum atomic E-state index is -0.287. The largest absolute Gasteiger partial charge is 0.321 e. The van der Waals surface area contributed by atoms with Gasteiger partial charge in [0.05, 0.1) is 18.1 Å². The smallest absolute Gasteiger partial charge is 0.155 e. The van der Waals surface area contributed by atoms with Crippen LogP contribution in [0.3, 0.4) is 0 Å². The molecule has 1 unspecified atom stereocenters. The van der Waals surface area contributed by atoms with Crippen LogP contribution >= 0.6 is 0 Å². The van der Waals surface area contributed by atoms with Gasteiger partial charge in [-0.1, -0.05) is 6.07 Å².